The second kappa shape index (κ2) is 5.78. The van der Waals surface area contributed by atoms with Crippen LogP contribution in [-0.2, 0) is 19.4 Å². The molecule has 0 N–H and O–H groups in total. The van der Waals surface area contributed by atoms with Crippen LogP contribution < -0.4 is 0 Å². The average Bonchev–Trinajstić information content (AvgIpc) is 3.14. The summed E-state index contributed by atoms with van der Waals surface area (Å²) in [6.07, 6.45) is 7.49. The van der Waals surface area contributed by atoms with Gasteiger partial charge in [0.1, 0.15) is 5.65 Å². The Balaban J connectivity index is 1.71. The minimum Gasteiger partial charge on any atom is -0.304 e. The maximum absolute atomic E-state index is 4.81. The number of rotatable bonds is 1. The summed E-state index contributed by atoms with van der Waals surface area (Å²) < 4.78 is 2.36. The Bertz CT molecular complexity index is 1060. The molecule has 4 heteroatoms. The molecule has 132 valence electrons. The summed E-state index contributed by atoms with van der Waals surface area (Å²) in [4.78, 5) is 11.9. The van der Waals surface area contributed by atoms with E-state index in [9.17, 15) is 0 Å². The number of nitrogens with zero attached hydrogens (tertiary/aromatic N) is 4. The highest BCUT2D eigenvalue weighted by Crippen LogP contribution is 2.35. The van der Waals surface area contributed by atoms with Gasteiger partial charge in [-0.25, -0.2) is 4.98 Å². The first kappa shape index (κ1) is 15.8. The number of likely N-dealkylation sites (N-methyl/N-ethyl adjacent to an activating group) is 1. The molecule has 4 nitrogen and oxygen atoms in total. The van der Waals surface area contributed by atoms with Gasteiger partial charge in [0.2, 0.25) is 0 Å². The van der Waals surface area contributed by atoms with E-state index in [1.807, 2.05) is 6.20 Å². The van der Waals surface area contributed by atoms with Crippen molar-refractivity contribution in [3.63, 3.8) is 0 Å². The van der Waals surface area contributed by atoms with Gasteiger partial charge in [-0.15, -0.1) is 0 Å². The zero-order valence-electron chi connectivity index (χ0n) is 15.7. The number of fused-ring (bicyclic) bond motifs is 4. The van der Waals surface area contributed by atoms with Gasteiger partial charge in [-0.3, -0.25) is 4.98 Å². The van der Waals surface area contributed by atoms with Gasteiger partial charge in [-0.1, -0.05) is 6.07 Å². The van der Waals surface area contributed by atoms with E-state index < -0.39 is 0 Å². The van der Waals surface area contributed by atoms with Crippen LogP contribution in [-0.4, -0.2) is 33.0 Å². The van der Waals surface area contributed by atoms with Gasteiger partial charge in [-0.05, 0) is 62.6 Å². The SMILES string of the molecule is Cc1cnc2c(c1)c1c(n2/C=C2\CCc3nc(C)ccc32)CCN(C)C1. The van der Waals surface area contributed by atoms with Crippen LogP contribution in [0.3, 0.4) is 0 Å². The van der Waals surface area contributed by atoms with Gasteiger partial charge in [0.15, 0.2) is 0 Å². The molecule has 0 bridgehead atoms. The maximum Gasteiger partial charge on any atom is 0.144 e. The summed E-state index contributed by atoms with van der Waals surface area (Å²) in [6.45, 7) is 6.30. The molecule has 2 aliphatic rings. The standard InChI is InChI=1S/C22H24N4/c1-14-10-18-19-13-25(3)9-8-21(19)26(22(18)23-11-14)12-16-5-7-20-17(16)6-4-15(2)24-20/h4,6,10-12H,5,7-9,13H2,1-3H3/b16-12+. The quantitative estimate of drug-likeness (QED) is 0.669. The molecular weight excluding hydrogens is 320 g/mol. The van der Waals surface area contributed by atoms with E-state index in [0.29, 0.717) is 0 Å². The van der Waals surface area contributed by atoms with Crippen molar-refractivity contribution in [3.8, 4) is 0 Å². The molecule has 3 aromatic heterocycles. The summed E-state index contributed by atoms with van der Waals surface area (Å²) in [5, 5.41) is 1.31. The van der Waals surface area contributed by atoms with Crippen molar-refractivity contribution in [1.29, 1.82) is 0 Å². The van der Waals surface area contributed by atoms with Gasteiger partial charge in [-0.2, -0.15) is 0 Å². The van der Waals surface area contributed by atoms with Gasteiger partial charge in [0.05, 0.1) is 0 Å². The van der Waals surface area contributed by atoms with Crippen LogP contribution in [0.2, 0.25) is 0 Å². The fourth-order valence-corrected chi connectivity index (χ4v) is 4.41. The van der Waals surface area contributed by atoms with Crippen LogP contribution in [0.15, 0.2) is 24.4 Å². The van der Waals surface area contributed by atoms with E-state index >= 15 is 0 Å². The minimum absolute atomic E-state index is 1.00. The maximum atomic E-state index is 4.81. The molecule has 0 saturated carbocycles. The van der Waals surface area contributed by atoms with E-state index in [2.05, 4.69) is 54.8 Å². The van der Waals surface area contributed by atoms with Crippen LogP contribution in [0.1, 0.15) is 40.2 Å². The molecule has 0 saturated heterocycles. The first-order valence-corrected chi connectivity index (χ1v) is 9.44. The van der Waals surface area contributed by atoms with Crippen LogP contribution in [0.4, 0.5) is 0 Å². The Morgan fingerprint density at radius 3 is 2.88 bits per heavy atom. The fraction of sp³-hybridized carbons (Fsp3) is 0.364. The van der Waals surface area contributed by atoms with E-state index in [4.69, 9.17) is 9.97 Å². The van der Waals surface area contributed by atoms with E-state index in [1.165, 1.54) is 39.0 Å². The first-order chi connectivity index (χ1) is 12.6. The Morgan fingerprint density at radius 1 is 1.12 bits per heavy atom. The number of allylic oxidation sites excluding steroid dienone is 1. The summed E-state index contributed by atoms with van der Waals surface area (Å²) in [7, 11) is 2.20. The average molecular weight is 344 g/mol. The molecule has 3 aromatic rings. The largest absolute Gasteiger partial charge is 0.304 e. The molecule has 1 aliphatic heterocycles. The van der Waals surface area contributed by atoms with Crippen LogP contribution >= 0.6 is 0 Å². The number of pyridine rings is 2. The topological polar surface area (TPSA) is 34.0 Å². The van der Waals surface area contributed by atoms with Crippen molar-refractivity contribution in [2.24, 2.45) is 0 Å². The van der Waals surface area contributed by atoms with Gasteiger partial charge >= 0.3 is 0 Å². The third-order valence-electron chi connectivity index (χ3n) is 5.73. The molecule has 0 fully saturated rings. The number of hydrogen-bond donors (Lipinski definition) is 0. The van der Waals surface area contributed by atoms with Crippen molar-refractivity contribution in [1.82, 2.24) is 19.4 Å². The van der Waals surface area contributed by atoms with Gasteiger partial charge < -0.3 is 9.47 Å². The second-order valence-corrected chi connectivity index (χ2v) is 7.77. The zero-order chi connectivity index (χ0) is 17.8. The molecule has 0 unspecified atom stereocenters. The lowest BCUT2D eigenvalue weighted by Gasteiger charge is -2.23. The predicted molar refractivity (Wildman–Crippen MR) is 106 cm³/mol. The fourth-order valence-electron chi connectivity index (χ4n) is 4.41. The molecule has 0 atom stereocenters. The van der Waals surface area contributed by atoms with E-state index in [0.717, 1.165) is 43.7 Å². The van der Waals surface area contributed by atoms with Crippen molar-refractivity contribution >= 4 is 22.8 Å². The molecule has 1 aliphatic carbocycles. The number of aryl methyl sites for hydroxylation is 3. The first-order valence-electron chi connectivity index (χ1n) is 9.44. The Morgan fingerprint density at radius 2 is 2.00 bits per heavy atom. The third-order valence-corrected chi connectivity index (χ3v) is 5.73. The Hall–Kier alpha value is -2.46. The molecule has 5 rings (SSSR count). The summed E-state index contributed by atoms with van der Waals surface area (Å²) >= 11 is 0. The molecular formula is C22H24N4. The van der Waals surface area contributed by atoms with Crippen molar-refractivity contribution in [2.45, 2.75) is 39.7 Å². The minimum atomic E-state index is 1.00. The third kappa shape index (κ3) is 2.40. The normalized spacial score (nSPS) is 18.5. The highest BCUT2D eigenvalue weighted by Gasteiger charge is 2.24. The monoisotopic (exact) mass is 344 g/mol. The number of hydrogen-bond acceptors (Lipinski definition) is 3. The lowest BCUT2D eigenvalue weighted by molar-refractivity contribution is 0.312. The van der Waals surface area contributed by atoms with E-state index in [1.54, 1.807) is 0 Å². The summed E-state index contributed by atoms with van der Waals surface area (Å²) in [6, 6.07) is 6.65. The highest BCUT2D eigenvalue weighted by atomic mass is 15.1. The molecule has 0 aromatic carbocycles. The highest BCUT2D eigenvalue weighted by molar-refractivity contribution is 5.89. The predicted octanol–water partition coefficient (Wildman–Crippen LogP) is 3.98. The van der Waals surface area contributed by atoms with Crippen molar-refractivity contribution in [3.05, 3.63) is 58.2 Å². The van der Waals surface area contributed by atoms with Gasteiger partial charge in [0.25, 0.3) is 0 Å². The summed E-state index contributed by atoms with van der Waals surface area (Å²) in [5.74, 6) is 0. The van der Waals surface area contributed by atoms with Crippen LogP contribution in [0.5, 0.6) is 0 Å². The van der Waals surface area contributed by atoms with Crippen LogP contribution in [0.25, 0.3) is 22.8 Å². The summed E-state index contributed by atoms with van der Waals surface area (Å²) in [5.41, 5.74) is 10.2. The molecule has 0 amide bonds. The van der Waals surface area contributed by atoms with Crippen LogP contribution in [0, 0.1) is 13.8 Å². The number of aromatic nitrogens is 3. The molecule has 0 radical (unpaired) electrons. The molecule has 26 heavy (non-hydrogen) atoms. The zero-order valence-corrected chi connectivity index (χ0v) is 15.7. The van der Waals surface area contributed by atoms with Crippen molar-refractivity contribution < 1.29 is 0 Å². The molecule has 4 heterocycles. The second-order valence-electron chi connectivity index (χ2n) is 7.77. The smallest absolute Gasteiger partial charge is 0.144 e. The van der Waals surface area contributed by atoms with E-state index in [-0.39, 0.29) is 0 Å². The Kier molecular flexibility index (Phi) is 3.50. The lowest BCUT2D eigenvalue weighted by atomic mass is 10.1. The lowest BCUT2D eigenvalue weighted by Crippen LogP contribution is -2.26. The molecule has 0 spiro atoms. The van der Waals surface area contributed by atoms with Crippen molar-refractivity contribution in [2.75, 3.05) is 13.6 Å². The Labute approximate surface area is 154 Å². The van der Waals surface area contributed by atoms with Gasteiger partial charge in [0, 0.05) is 59.9 Å².